The second-order valence-corrected chi connectivity index (χ2v) is 8.58. The number of amides is 1. The van der Waals surface area contributed by atoms with Gasteiger partial charge in [0.05, 0.1) is 0 Å². The Labute approximate surface area is 157 Å². The van der Waals surface area contributed by atoms with Gasteiger partial charge in [-0.05, 0) is 36.1 Å². The Hall–Kier alpha value is -1.98. The summed E-state index contributed by atoms with van der Waals surface area (Å²) in [5, 5.41) is 3.18. The van der Waals surface area contributed by atoms with Gasteiger partial charge in [-0.15, -0.1) is 0 Å². The minimum atomic E-state index is -0.854. The van der Waals surface area contributed by atoms with E-state index in [-0.39, 0.29) is 5.91 Å². The van der Waals surface area contributed by atoms with Crippen molar-refractivity contribution in [3.05, 3.63) is 65.7 Å². The molecule has 2 unspecified atom stereocenters. The van der Waals surface area contributed by atoms with E-state index in [1.165, 1.54) is 19.3 Å². The average Bonchev–Trinajstić information content (AvgIpc) is 2.69. The van der Waals surface area contributed by atoms with Crippen LogP contribution in [-0.2, 0) is 21.3 Å². The molecule has 2 atom stereocenters. The van der Waals surface area contributed by atoms with Gasteiger partial charge in [0.25, 0.3) is 0 Å². The van der Waals surface area contributed by atoms with Crippen LogP contribution in [0, 0.1) is 0 Å². The molecular formula is C21H26N2O2S. The first-order valence-corrected chi connectivity index (χ1v) is 10.6. The molecule has 2 aromatic rings. The standard InChI is InChI=1S/C21H26N2O2S/c22-20(17-9-3-1-4-10-17)21(24)23-18-11-7-8-16(14-18)15-26(25)19-12-5-2-6-13-19/h1,3-4,7-11,14,19-20H,2,5-6,12-13,15,22H2,(H,23,24). The molecule has 1 saturated carbocycles. The number of carbonyl (C=O) groups is 1. The highest BCUT2D eigenvalue weighted by Crippen LogP contribution is 2.24. The van der Waals surface area contributed by atoms with Crippen molar-refractivity contribution in [1.82, 2.24) is 0 Å². The van der Waals surface area contributed by atoms with E-state index >= 15 is 0 Å². The van der Waals surface area contributed by atoms with Crippen molar-refractivity contribution in [3.8, 4) is 0 Å². The first-order chi connectivity index (χ1) is 12.6. The van der Waals surface area contributed by atoms with Crippen LogP contribution >= 0.6 is 0 Å². The maximum Gasteiger partial charge on any atom is 0.245 e. The maximum atomic E-state index is 12.6. The fraction of sp³-hybridized carbons (Fsp3) is 0.381. The van der Waals surface area contributed by atoms with Crippen LogP contribution in [0.4, 0.5) is 5.69 Å². The van der Waals surface area contributed by atoms with Gasteiger partial charge in [0.15, 0.2) is 0 Å². The summed E-state index contributed by atoms with van der Waals surface area (Å²) in [6.45, 7) is 0. The Balaban J connectivity index is 1.61. The molecule has 3 rings (SSSR count). The van der Waals surface area contributed by atoms with Crippen LogP contribution in [0.1, 0.15) is 49.3 Å². The Bertz CT molecular complexity index is 758. The smallest absolute Gasteiger partial charge is 0.245 e. The molecule has 0 spiro atoms. The summed E-state index contributed by atoms with van der Waals surface area (Å²) in [6, 6.07) is 16.2. The zero-order valence-corrected chi connectivity index (χ0v) is 15.7. The summed E-state index contributed by atoms with van der Waals surface area (Å²) in [6.07, 6.45) is 5.76. The molecule has 1 aliphatic rings. The summed E-state index contributed by atoms with van der Waals surface area (Å²) in [4.78, 5) is 12.4. The van der Waals surface area contributed by atoms with Crippen LogP contribution in [0.2, 0.25) is 0 Å². The lowest BCUT2D eigenvalue weighted by Crippen LogP contribution is -2.27. The van der Waals surface area contributed by atoms with Gasteiger partial charge in [-0.3, -0.25) is 9.00 Å². The third-order valence-electron chi connectivity index (χ3n) is 4.87. The molecule has 1 fully saturated rings. The maximum absolute atomic E-state index is 12.6. The van der Waals surface area contributed by atoms with Gasteiger partial charge in [-0.1, -0.05) is 61.7 Å². The average molecular weight is 371 g/mol. The van der Waals surface area contributed by atoms with Gasteiger partial charge in [0.1, 0.15) is 6.04 Å². The number of hydrogen-bond acceptors (Lipinski definition) is 3. The minimum absolute atomic E-state index is 0.248. The normalized spacial score (nSPS) is 17.4. The Morgan fingerprint density at radius 2 is 1.81 bits per heavy atom. The number of rotatable bonds is 6. The van der Waals surface area contributed by atoms with Crippen molar-refractivity contribution in [2.45, 2.75) is 49.1 Å². The quantitative estimate of drug-likeness (QED) is 0.810. The molecule has 0 bridgehead atoms. The Kier molecular flexibility index (Phi) is 6.58. The van der Waals surface area contributed by atoms with Gasteiger partial charge in [0.2, 0.25) is 5.91 Å². The fourth-order valence-corrected chi connectivity index (χ4v) is 4.98. The number of carbonyl (C=O) groups excluding carboxylic acids is 1. The number of hydrogen-bond donors (Lipinski definition) is 2. The van der Waals surface area contributed by atoms with Gasteiger partial charge in [-0.2, -0.15) is 0 Å². The zero-order chi connectivity index (χ0) is 18.4. The molecule has 26 heavy (non-hydrogen) atoms. The molecule has 1 aliphatic carbocycles. The Morgan fingerprint density at radius 3 is 2.54 bits per heavy atom. The molecule has 138 valence electrons. The molecule has 1 amide bonds. The molecule has 0 heterocycles. The molecule has 3 N–H and O–H groups in total. The largest absolute Gasteiger partial charge is 0.324 e. The molecule has 0 radical (unpaired) electrons. The van der Waals surface area contributed by atoms with Gasteiger partial charge in [0, 0.05) is 27.5 Å². The van der Waals surface area contributed by atoms with Gasteiger partial charge >= 0.3 is 0 Å². The SMILES string of the molecule is NC(C(=O)Nc1cccc(CS(=O)C2CCCCC2)c1)c1ccccc1. The monoisotopic (exact) mass is 370 g/mol. The van der Waals surface area contributed by atoms with Crippen molar-refractivity contribution >= 4 is 22.4 Å². The van der Waals surface area contributed by atoms with Crippen molar-refractivity contribution in [1.29, 1.82) is 0 Å². The lowest BCUT2D eigenvalue weighted by molar-refractivity contribution is -0.117. The van der Waals surface area contributed by atoms with Crippen molar-refractivity contribution < 1.29 is 9.00 Å². The van der Waals surface area contributed by atoms with Crippen LogP contribution in [0.25, 0.3) is 0 Å². The van der Waals surface area contributed by atoms with E-state index in [1.54, 1.807) is 0 Å². The van der Waals surface area contributed by atoms with E-state index < -0.39 is 16.8 Å². The summed E-state index contributed by atoms with van der Waals surface area (Å²) < 4.78 is 12.6. The molecule has 0 aliphatic heterocycles. The molecule has 5 heteroatoms. The third-order valence-corrected chi connectivity index (χ3v) is 6.70. The summed E-state index contributed by atoms with van der Waals surface area (Å²) in [5.74, 6) is 0.292. The number of nitrogens with two attached hydrogens (primary N) is 1. The first kappa shape index (κ1) is 18.8. The molecule has 0 aromatic heterocycles. The van der Waals surface area contributed by atoms with E-state index in [9.17, 15) is 9.00 Å². The van der Waals surface area contributed by atoms with Crippen LogP contribution in [-0.4, -0.2) is 15.4 Å². The molecule has 2 aromatic carbocycles. The molecule has 4 nitrogen and oxygen atoms in total. The zero-order valence-electron chi connectivity index (χ0n) is 14.9. The van der Waals surface area contributed by atoms with E-state index in [4.69, 9.17) is 5.73 Å². The van der Waals surface area contributed by atoms with E-state index in [2.05, 4.69) is 5.32 Å². The highest BCUT2D eigenvalue weighted by molar-refractivity contribution is 7.84. The molecule has 0 saturated heterocycles. The lowest BCUT2D eigenvalue weighted by Gasteiger charge is -2.21. The summed E-state index contributed by atoms with van der Waals surface area (Å²) in [7, 11) is -0.854. The number of anilines is 1. The predicted molar refractivity (Wildman–Crippen MR) is 107 cm³/mol. The van der Waals surface area contributed by atoms with Crippen LogP contribution in [0.15, 0.2) is 54.6 Å². The lowest BCUT2D eigenvalue weighted by atomic mass is 10.0. The third kappa shape index (κ3) is 5.02. The van der Waals surface area contributed by atoms with Crippen molar-refractivity contribution in [2.75, 3.05) is 5.32 Å². The fourth-order valence-electron chi connectivity index (χ4n) is 3.38. The highest BCUT2D eigenvalue weighted by Gasteiger charge is 2.20. The van der Waals surface area contributed by atoms with E-state index in [0.717, 1.165) is 24.0 Å². The van der Waals surface area contributed by atoms with Crippen molar-refractivity contribution in [2.24, 2.45) is 5.73 Å². The second kappa shape index (κ2) is 9.10. The van der Waals surface area contributed by atoms with Crippen LogP contribution < -0.4 is 11.1 Å². The predicted octanol–water partition coefficient (Wildman–Crippen LogP) is 3.91. The van der Waals surface area contributed by atoms with Crippen LogP contribution in [0.5, 0.6) is 0 Å². The van der Waals surface area contributed by atoms with Gasteiger partial charge in [-0.25, -0.2) is 0 Å². The number of benzene rings is 2. The van der Waals surface area contributed by atoms with Gasteiger partial charge < -0.3 is 11.1 Å². The summed E-state index contributed by atoms with van der Waals surface area (Å²) in [5.41, 5.74) is 8.50. The van der Waals surface area contributed by atoms with E-state index in [0.29, 0.717) is 16.7 Å². The number of nitrogens with one attached hydrogen (secondary N) is 1. The topological polar surface area (TPSA) is 72.2 Å². The molecular weight excluding hydrogens is 344 g/mol. The Morgan fingerprint density at radius 1 is 1.08 bits per heavy atom. The minimum Gasteiger partial charge on any atom is -0.324 e. The summed E-state index contributed by atoms with van der Waals surface area (Å²) >= 11 is 0. The highest BCUT2D eigenvalue weighted by atomic mass is 32.2. The van der Waals surface area contributed by atoms with Crippen molar-refractivity contribution in [3.63, 3.8) is 0 Å². The first-order valence-electron chi connectivity index (χ1n) is 9.21. The van der Waals surface area contributed by atoms with E-state index in [1.807, 2.05) is 54.6 Å². The second-order valence-electron chi connectivity index (χ2n) is 6.86. The van der Waals surface area contributed by atoms with Crippen LogP contribution in [0.3, 0.4) is 0 Å².